The topological polar surface area (TPSA) is 142 Å². The summed E-state index contributed by atoms with van der Waals surface area (Å²) >= 11 is 0. The number of rotatable bonds is 8. The molecule has 3 atom stereocenters. The average Bonchev–Trinajstić information content (AvgIpc) is 3.32. The van der Waals surface area contributed by atoms with Gasteiger partial charge in [0.05, 0.1) is 12.1 Å². The summed E-state index contributed by atoms with van der Waals surface area (Å²) in [5, 5.41) is 17.5. The molecule has 2 unspecified atom stereocenters. The number of sulfonamides is 1. The molecule has 5 rings (SSSR count). The van der Waals surface area contributed by atoms with Crippen LogP contribution in [0.4, 0.5) is 0 Å². The van der Waals surface area contributed by atoms with E-state index in [1.54, 1.807) is 24.3 Å². The van der Waals surface area contributed by atoms with Crippen LogP contribution in [0.2, 0.25) is 0 Å². The predicted octanol–water partition coefficient (Wildman–Crippen LogP) is 3.23. The first-order valence-corrected chi connectivity index (χ1v) is 15.4. The minimum Gasteiger partial charge on any atom is -0.451 e. The number of fused-ring (bicyclic) bond motifs is 1. The first kappa shape index (κ1) is 28.3. The number of amides is 2. The summed E-state index contributed by atoms with van der Waals surface area (Å²) in [5.74, 6) is -0.424. The minimum atomic E-state index is -3.88. The van der Waals surface area contributed by atoms with Gasteiger partial charge < -0.3 is 20.2 Å². The molecule has 2 aliphatic rings. The molecule has 1 aliphatic heterocycles. The quantitative estimate of drug-likeness (QED) is 0.379. The van der Waals surface area contributed by atoms with Gasteiger partial charge >= 0.3 is 0 Å². The molecule has 3 N–H and O–H groups in total. The lowest BCUT2D eigenvalue weighted by atomic mass is 9.84. The van der Waals surface area contributed by atoms with Crippen molar-refractivity contribution in [3.8, 4) is 0 Å². The van der Waals surface area contributed by atoms with Crippen LogP contribution in [-0.2, 0) is 14.8 Å². The van der Waals surface area contributed by atoms with Gasteiger partial charge in [-0.2, -0.15) is 4.31 Å². The van der Waals surface area contributed by atoms with Gasteiger partial charge in [-0.05, 0) is 49.4 Å². The third-order valence-corrected chi connectivity index (χ3v) is 9.69. The van der Waals surface area contributed by atoms with Gasteiger partial charge in [0.15, 0.2) is 10.8 Å². The van der Waals surface area contributed by atoms with Crippen molar-refractivity contribution in [2.24, 2.45) is 5.92 Å². The van der Waals surface area contributed by atoms with E-state index in [1.165, 1.54) is 23.0 Å². The SMILES string of the molecule is O=C(NC(CC1CCCCC1)C(=O)NC1CCCN(S(=O)(=O)c2ccccn2)C[C@@H]1O)c1cc2ccccc2o1. The zero-order valence-electron chi connectivity index (χ0n) is 22.4. The van der Waals surface area contributed by atoms with E-state index in [1.807, 2.05) is 18.2 Å². The number of nitrogens with zero attached hydrogens (tertiary/aromatic N) is 2. The summed E-state index contributed by atoms with van der Waals surface area (Å²) in [6.07, 6.45) is 6.99. The maximum atomic E-state index is 13.6. The number of carbonyl (C=O) groups is 2. The smallest absolute Gasteiger partial charge is 0.287 e. The second kappa shape index (κ2) is 12.5. The molecule has 2 aromatic heterocycles. The Hall–Kier alpha value is -3.28. The Balaban J connectivity index is 1.28. The molecule has 214 valence electrons. The first-order chi connectivity index (χ1) is 19.3. The lowest BCUT2D eigenvalue weighted by Gasteiger charge is -2.29. The van der Waals surface area contributed by atoms with E-state index in [4.69, 9.17) is 4.42 Å². The van der Waals surface area contributed by atoms with Crippen LogP contribution in [0.25, 0.3) is 11.0 Å². The third kappa shape index (κ3) is 6.54. The van der Waals surface area contributed by atoms with Crippen LogP contribution < -0.4 is 10.6 Å². The molecule has 1 saturated carbocycles. The number of aromatic nitrogens is 1. The second-order valence-corrected chi connectivity index (χ2v) is 12.7. The Bertz CT molecular complexity index is 1390. The molecule has 1 saturated heterocycles. The van der Waals surface area contributed by atoms with Gasteiger partial charge in [-0.15, -0.1) is 0 Å². The van der Waals surface area contributed by atoms with Crippen LogP contribution in [0, 0.1) is 5.92 Å². The fourth-order valence-corrected chi connectivity index (χ4v) is 7.15. The molecule has 2 amide bonds. The summed E-state index contributed by atoms with van der Waals surface area (Å²) in [7, 11) is -3.88. The number of para-hydroxylation sites is 1. The van der Waals surface area contributed by atoms with Gasteiger partial charge in [-0.1, -0.05) is 56.4 Å². The van der Waals surface area contributed by atoms with Gasteiger partial charge in [0, 0.05) is 24.7 Å². The van der Waals surface area contributed by atoms with E-state index in [-0.39, 0.29) is 29.8 Å². The second-order valence-electron chi connectivity index (χ2n) is 10.8. The maximum absolute atomic E-state index is 13.6. The zero-order valence-corrected chi connectivity index (χ0v) is 23.2. The van der Waals surface area contributed by atoms with Crippen molar-refractivity contribution >= 4 is 32.8 Å². The van der Waals surface area contributed by atoms with Crippen LogP contribution >= 0.6 is 0 Å². The molecule has 3 heterocycles. The first-order valence-electron chi connectivity index (χ1n) is 14.0. The van der Waals surface area contributed by atoms with Gasteiger partial charge in [0.2, 0.25) is 5.91 Å². The number of pyridine rings is 1. The number of benzene rings is 1. The molecule has 11 heteroatoms. The highest BCUT2D eigenvalue weighted by atomic mass is 32.2. The van der Waals surface area contributed by atoms with Crippen molar-refractivity contribution in [2.45, 2.75) is 74.6 Å². The Labute approximate surface area is 234 Å². The van der Waals surface area contributed by atoms with Crippen molar-refractivity contribution in [3.63, 3.8) is 0 Å². The largest absolute Gasteiger partial charge is 0.451 e. The zero-order chi connectivity index (χ0) is 28.1. The average molecular weight is 569 g/mol. The van der Waals surface area contributed by atoms with Crippen LogP contribution in [0.5, 0.6) is 0 Å². The van der Waals surface area contributed by atoms with Gasteiger partial charge in [0.1, 0.15) is 11.6 Å². The summed E-state index contributed by atoms with van der Waals surface area (Å²) in [6, 6.07) is 12.2. The minimum absolute atomic E-state index is 0.0782. The number of hydrogen-bond acceptors (Lipinski definition) is 7. The van der Waals surface area contributed by atoms with Gasteiger partial charge in [0.25, 0.3) is 15.9 Å². The Morgan fingerprint density at radius 1 is 1.05 bits per heavy atom. The fraction of sp³-hybridized carbons (Fsp3) is 0.483. The standard InChI is InChI=1S/C29H36N4O6S/c34-24-19-33(40(37,38)27-14-6-7-15-30-27)16-8-12-22(24)31-28(35)23(17-20-9-2-1-3-10-20)32-29(36)26-18-21-11-4-5-13-25(21)39-26/h4-7,11,13-15,18,20,22-24,34H,1-3,8-10,12,16-17,19H2,(H,31,35)(H,32,36)/t22?,23?,24-/m0/s1. The number of β-amino-alcohol motifs (C(OH)–C–C–N with tert-alkyl or cyclic N) is 1. The number of carbonyl (C=O) groups excluding carboxylic acids is 2. The van der Waals surface area contributed by atoms with Gasteiger partial charge in [-0.25, -0.2) is 13.4 Å². The van der Waals surface area contributed by atoms with E-state index >= 15 is 0 Å². The van der Waals surface area contributed by atoms with Crippen LogP contribution in [0.15, 0.2) is 64.2 Å². The van der Waals surface area contributed by atoms with Crippen molar-refractivity contribution in [1.82, 2.24) is 19.9 Å². The van der Waals surface area contributed by atoms with E-state index in [2.05, 4.69) is 15.6 Å². The molecule has 0 bridgehead atoms. The third-order valence-electron chi connectivity index (χ3n) is 7.91. The predicted molar refractivity (Wildman–Crippen MR) is 149 cm³/mol. The highest BCUT2D eigenvalue weighted by molar-refractivity contribution is 7.89. The molecule has 40 heavy (non-hydrogen) atoms. The molecule has 10 nitrogen and oxygen atoms in total. The van der Waals surface area contributed by atoms with Crippen LogP contribution in [0.3, 0.4) is 0 Å². The highest BCUT2D eigenvalue weighted by Crippen LogP contribution is 2.28. The molecule has 3 aromatic rings. The molecule has 0 spiro atoms. The van der Waals surface area contributed by atoms with E-state index < -0.39 is 34.1 Å². The van der Waals surface area contributed by atoms with Gasteiger partial charge in [-0.3, -0.25) is 9.59 Å². The van der Waals surface area contributed by atoms with Crippen molar-refractivity contribution < 1.29 is 27.5 Å². The number of hydrogen-bond donors (Lipinski definition) is 3. The van der Waals surface area contributed by atoms with E-state index in [0.29, 0.717) is 30.8 Å². The number of furan rings is 1. The molecular formula is C29H36N4O6S. The number of aliphatic hydroxyl groups excluding tert-OH is 1. The highest BCUT2D eigenvalue weighted by Gasteiger charge is 2.35. The van der Waals surface area contributed by atoms with Crippen LogP contribution in [0.1, 0.15) is 61.9 Å². The fourth-order valence-electron chi connectivity index (χ4n) is 5.72. The Morgan fingerprint density at radius 3 is 2.58 bits per heavy atom. The van der Waals surface area contributed by atoms with E-state index in [9.17, 15) is 23.1 Å². The molecule has 0 radical (unpaired) electrons. The summed E-state index contributed by atoms with van der Waals surface area (Å²) in [6.45, 7) is 0.0408. The molecular weight excluding hydrogens is 532 g/mol. The summed E-state index contributed by atoms with van der Waals surface area (Å²) < 4.78 is 33.1. The maximum Gasteiger partial charge on any atom is 0.287 e. The summed E-state index contributed by atoms with van der Waals surface area (Å²) in [4.78, 5) is 30.7. The lowest BCUT2D eigenvalue weighted by Crippen LogP contribution is -2.54. The lowest BCUT2D eigenvalue weighted by molar-refractivity contribution is -0.125. The molecule has 1 aromatic carbocycles. The Morgan fingerprint density at radius 2 is 1.82 bits per heavy atom. The number of aliphatic hydroxyl groups is 1. The number of nitrogens with one attached hydrogen (secondary N) is 2. The Kier molecular flexibility index (Phi) is 8.82. The van der Waals surface area contributed by atoms with E-state index in [0.717, 1.165) is 31.1 Å². The molecule has 1 aliphatic carbocycles. The summed E-state index contributed by atoms with van der Waals surface area (Å²) in [5.41, 5.74) is 0.590. The van der Waals surface area contributed by atoms with Crippen molar-refractivity contribution in [1.29, 1.82) is 0 Å². The van der Waals surface area contributed by atoms with Crippen molar-refractivity contribution in [3.05, 3.63) is 60.5 Å². The normalized spacial score (nSPS) is 21.9. The monoisotopic (exact) mass is 568 g/mol. The van der Waals surface area contributed by atoms with Crippen molar-refractivity contribution in [2.75, 3.05) is 13.1 Å². The van der Waals surface area contributed by atoms with Crippen LogP contribution in [-0.4, -0.2) is 65.9 Å². The molecule has 2 fully saturated rings.